The van der Waals surface area contributed by atoms with Crippen LogP contribution < -0.4 is 10.1 Å². The lowest BCUT2D eigenvalue weighted by molar-refractivity contribution is 0.151. The van der Waals surface area contributed by atoms with E-state index in [1.165, 1.54) is 0 Å². The molecular weight excluding hydrogens is 328 g/mol. The molecule has 1 aliphatic heterocycles. The molecule has 1 fully saturated rings. The third kappa shape index (κ3) is 3.64. The van der Waals surface area contributed by atoms with Gasteiger partial charge in [0.15, 0.2) is 0 Å². The molecule has 1 aliphatic rings. The number of hydrogen-bond donors (Lipinski definition) is 2. The summed E-state index contributed by atoms with van der Waals surface area (Å²) < 4.78 is 5.32. The average Bonchev–Trinajstić information content (AvgIpc) is 3.14. The molecule has 2 amide bonds. The summed E-state index contributed by atoms with van der Waals surface area (Å²) in [6.45, 7) is 1.12. The normalized spacial score (nSPS) is 17.6. The zero-order valence-corrected chi connectivity index (χ0v) is 14.3. The van der Waals surface area contributed by atoms with E-state index in [0.717, 1.165) is 36.9 Å². The number of aromatic nitrogens is 2. The van der Waals surface area contributed by atoms with Crippen LogP contribution >= 0.6 is 11.6 Å². The fourth-order valence-corrected chi connectivity index (χ4v) is 3.32. The van der Waals surface area contributed by atoms with E-state index in [4.69, 9.17) is 16.3 Å². The lowest BCUT2D eigenvalue weighted by Gasteiger charge is -2.35. The number of aromatic amines is 1. The monoisotopic (exact) mass is 348 g/mol. The van der Waals surface area contributed by atoms with Gasteiger partial charge in [-0.25, -0.2) is 4.79 Å². The van der Waals surface area contributed by atoms with Gasteiger partial charge in [-0.2, -0.15) is 5.10 Å². The highest BCUT2D eigenvalue weighted by Gasteiger charge is 2.28. The Hall–Kier alpha value is -2.21. The van der Waals surface area contributed by atoms with Crippen molar-refractivity contribution < 1.29 is 9.53 Å². The van der Waals surface area contributed by atoms with Gasteiger partial charge in [-0.3, -0.25) is 5.10 Å². The minimum absolute atomic E-state index is 0.0683. The number of nitrogens with one attached hydrogen (secondary N) is 2. The first-order valence-electron chi connectivity index (χ1n) is 8.04. The van der Waals surface area contributed by atoms with Gasteiger partial charge in [-0.1, -0.05) is 11.6 Å². The number of rotatable bonds is 4. The summed E-state index contributed by atoms with van der Waals surface area (Å²) in [7, 11) is 1.61. The molecule has 1 aromatic carbocycles. The lowest BCUT2D eigenvalue weighted by Crippen LogP contribution is -2.44. The van der Waals surface area contributed by atoms with Crippen molar-refractivity contribution in [1.29, 1.82) is 0 Å². The van der Waals surface area contributed by atoms with Gasteiger partial charge in [0, 0.05) is 35.4 Å². The van der Waals surface area contributed by atoms with Crippen LogP contribution in [0.15, 0.2) is 30.6 Å². The zero-order valence-electron chi connectivity index (χ0n) is 13.6. The Balaban J connectivity index is 1.68. The molecule has 0 aliphatic carbocycles. The first-order chi connectivity index (χ1) is 11.7. The van der Waals surface area contributed by atoms with Gasteiger partial charge < -0.3 is 15.0 Å². The van der Waals surface area contributed by atoms with E-state index in [2.05, 4.69) is 15.5 Å². The molecule has 3 rings (SSSR count). The van der Waals surface area contributed by atoms with Crippen LogP contribution in [0, 0.1) is 0 Å². The highest BCUT2D eigenvalue weighted by molar-refractivity contribution is 6.30. The van der Waals surface area contributed by atoms with Gasteiger partial charge in [0.2, 0.25) is 0 Å². The van der Waals surface area contributed by atoms with Gasteiger partial charge in [0.25, 0.3) is 0 Å². The molecule has 0 saturated carbocycles. The average molecular weight is 349 g/mol. The SMILES string of the molecule is COc1ccc(Cl)cc1CNC(=O)N1CCCCC1c1cn[nH]c1. The summed E-state index contributed by atoms with van der Waals surface area (Å²) in [5.41, 5.74) is 1.90. The van der Waals surface area contributed by atoms with Gasteiger partial charge in [0.05, 0.1) is 19.3 Å². The molecule has 7 heteroatoms. The summed E-state index contributed by atoms with van der Waals surface area (Å²) in [5, 5.41) is 10.4. The maximum atomic E-state index is 12.7. The van der Waals surface area contributed by atoms with Crippen molar-refractivity contribution in [3.05, 3.63) is 46.7 Å². The van der Waals surface area contributed by atoms with E-state index in [-0.39, 0.29) is 12.1 Å². The van der Waals surface area contributed by atoms with Crippen molar-refractivity contribution in [2.45, 2.75) is 31.8 Å². The van der Waals surface area contributed by atoms with Crippen LogP contribution in [0.25, 0.3) is 0 Å². The predicted octanol–water partition coefficient (Wildman–Crippen LogP) is 3.51. The van der Waals surface area contributed by atoms with E-state index in [9.17, 15) is 4.79 Å². The highest BCUT2D eigenvalue weighted by atomic mass is 35.5. The minimum atomic E-state index is -0.0806. The summed E-state index contributed by atoms with van der Waals surface area (Å²) in [6.07, 6.45) is 6.73. The fourth-order valence-electron chi connectivity index (χ4n) is 3.12. The first-order valence-corrected chi connectivity index (χ1v) is 8.42. The third-order valence-corrected chi connectivity index (χ3v) is 4.58. The van der Waals surface area contributed by atoms with Crippen LogP contribution in [0.3, 0.4) is 0 Å². The van der Waals surface area contributed by atoms with Crippen molar-refractivity contribution in [3.8, 4) is 5.75 Å². The number of methoxy groups -OCH3 is 1. The molecule has 2 heterocycles. The first kappa shape index (κ1) is 16.6. The molecule has 1 aromatic heterocycles. The van der Waals surface area contributed by atoms with Gasteiger partial charge in [0.1, 0.15) is 5.75 Å². The van der Waals surface area contributed by atoms with Crippen molar-refractivity contribution in [1.82, 2.24) is 20.4 Å². The second kappa shape index (κ2) is 7.57. The molecule has 24 heavy (non-hydrogen) atoms. The Kier molecular flexibility index (Phi) is 5.25. The van der Waals surface area contributed by atoms with Crippen molar-refractivity contribution in [2.75, 3.05) is 13.7 Å². The van der Waals surface area contributed by atoms with Crippen LogP contribution in [0.4, 0.5) is 4.79 Å². The summed E-state index contributed by atoms with van der Waals surface area (Å²) >= 11 is 6.04. The molecule has 1 saturated heterocycles. The lowest BCUT2D eigenvalue weighted by atomic mass is 9.98. The Morgan fingerprint density at radius 2 is 2.38 bits per heavy atom. The van der Waals surface area contributed by atoms with Crippen molar-refractivity contribution >= 4 is 17.6 Å². The smallest absolute Gasteiger partial charge is 0.318 e. The van der Waals surface area contributed by atoms with E-state index < -0.39 is 0 Å². The maximum Gasteiger partial charge on any atom is 0.318 e. The van der Waals surface area contributed by atoms with Crippen LogP contribution in [0.5, 0.6) is 5.75 Å². The van der Waals surface area contributed by atoms with Crippen molar-refractivity contribution in [3.63, 3.8) is 0 Å². The molecule has 2 aromatic rings. The second-order valence-electron chi connectivity index (χ2n) is 5.85. The van der Waals surface area contributed by atoms with Gasteiger partial charge >= 0.3 is 6.03 Å². The number of carbonyl (C=O) groups is 1. The number of H-pyrrole nitrogens is 1. The summed E-state index contributed by atoms with van der Waals surface area (Å²) in [4.78, 5) is 14.6. The van der Waals surface area contributed by atoms with E-state index in [1.54, 1.807) is 25.4 Å². The molecule has 1 atom stereocenters. The zero-order chi connectivity index (χ0) is 16.9. The number of halogens is 1. The largest absolute Gasteiger partial charge is 0.496 e. The highest BCUT2D eigenvalue weighted by Crippen LogP contribution is 2.30. The number of urea groups is 1. The fraction of sp³-hybridized carbons (Fsp3) is 0.412. The number of nitrogens with zero attached hydrogens (tertiary/aromatic N) is 2. The molecular formula is C17H21ClN4O2. The molecule has 0 spiro atoms. The van der Waals surface area contributed by atoms with Crippen LogP contribution in [0.2, 0.25) is 5.02 Å². The molecule has 128 valence electrons. The number of amides is 2. The summed E-state index contributed by atoms with van der Waals surface area (Å²) in [5.74, 6) is 0.713. The van der Waals surface area contributed by atoms with E-state index in [1.807, 2.05) is 17.2 Å². The Labute approximate surface area is 146 Å². The molecule has 2 N–H and O–H groups in total. The quantitative estimate of drug-likeness (QED) is 0.888. The molecule has 0 bridgehead atoms. The van der Waals surface area contributed by atoms with Gasteiger partial charge in [-0.05, 0) is 37.5 Å². The Bertz CT molecular complexity index is 690. The van der Waals surface area contributed by atoms with Gasteiger partial charge in [-0.15, -0.1) is 0 Å². The maximum absolute atomic E-state index is 12.7. The Morgan fingerprint density at radius 3 is 3.12 bits per heavy atom. The topological polar surface area (TPSA) is 70.2 Å². The standard InChI is InChI=1S/C17H21ClN4O2/c1-24-16-6-5-14(18)8-12(16)9-19-17(23)22-7-3-2-4-15(22)13-10-20-21-11-13/h5-6,8,10-11,15H,2-4,7,9H2,1H3,(H,19,23)(H,20,21). The van der Waals surface area contributed by atoms with Crippen LogP contribution in [0.1, 0.15) is 36.4 Å². The number of piperidine rings is 1. The van der Waals surface area contributed by atoms with E-state index >= 15 is 0 Å². The molecule has 6 nitrogen and oxygen atoms in total. The predicted molar refractivity (Wildman–Crippen MR) is 92.1 cm³/mol. The number of hydrogen-bond acceptors (Lipinski definition) is 3. The minimum Gasteiger partial charge on any atom is -0.496 e. The number of benzene rings is 1. The van der Waals surface area contributed by atoms with E-state index in [0.29, 0.717) is 17.3 Å². The summed E-state index contributed by atoms with van der Waals surface area (Å²) in [6, 6.07) is 5.37. The Morgan fingerprint density at radius 1 is 1.50 bits per heavy atom. The molecule has 1 unspecified atom stereocenters. The number of ether oxygens (including phenoxy) is 1. The van der Waals surface area contributed by atoms with Crippen LogP contribution in [-0.4, -0.2) is 34.8 Å². The second-order valence-corrected chi connectivity index (χ2v) is 6.29. The number of carbonyl (C=O) groups excluding carboxylic acids is 1. The number of likely N-dealkylation sites (tertiary alicyclic amines) is 1. The van der Waals surface area contributed by atoms with Crippen LogP contribution in [-0.2, 0) is 6.54 Å². The third-order valence-electron chi connectivity index (χ3n) is 4.34. The molecule has 0 radical (unpaired) electrons. The van der Waals surface area contributed by atoms with Crippen molar-refractivity contribution in [2.24, 2.45) is 0 Å².